The van der Waals surface area contributed by atoms with Crippen molar-refractivity contribution in [3.63, 3.8) is 0 Å². The van der Waals surface area contributed by atoms with Crippen LogP contribution in [0, 0.1) is 0 Å². The van der Waals surface area contributed by atoms with Crippen LogP contribution in [0.3, 0.4) is 0 Å². The van der Waals surface area contributed by atoms with Gasteiger partial charge in [-0.25, -0.2) is 0 Å². The average molecular weight is 362 g/mol. The first-order valence-electron chi connectivity index (χ1n) is 8.09. The number of ether oxygens (including phenoxy) is 2. The molecule has 1 aromatic carbocycles. The molecule has 1 aromatic heterocycles. The highest BCUT2D eigenvalue weighted by Crippen LogP contribution is 2.18. The molecule has 1 atom stereocenters. The van der Waals surface area contributed by atoms with Crippen LogP contribution < -0.4 is 20.3 Å². The maximum atomic E-state index is 12.0. The highest BCUT2D eigenvalue weighted by molar-refractivity contribution is 7.09. The van der Waals surface area contributed by atoms with Gasteiger partial charge in [0, 0.05) is 11.3 Å². The molecule has 6 nitrogen and oxygen atoms in total. The van der Waals surface area contributed by atoms with Crippen molar-refractivity contribution in [1.82, 2.24) is 10.9 Å². The summed E-state index contributed by atoms with van der Waals surface area (Å²) in [5.41, 5.74) is 4.78. The van der Waals surface area contributed by atoms with E-state index in [0.717, 1.165) is 10.6 Å². The molecule has 2 rings (SSSR count). The molecule has 134 valence electrons. The lowest BCUT2D eigenvalue weighted by molar-refractivity contribution is -0.132. The molecule has 25 heavy (non-hydrogen) atoms. The van der Waals surface area contributed by atoms with Gasteiger partial charge in [-0.15, -0.1) is 11.3 Å². The fourth-order valence-corrected chi connectivity index (χ4v) is 2.73. The molecule has 0 aliphatic carbocycles. The summed E-state index contributed by atoms with van der Waals surface area (Å²) >= 11 is 1.60. The molecule has 0 saturated carbocycles. The predicted molar refractivity (Wildman–Crippen MR) is 96.6 cm³/mol. The van der Waals surface area contributed by atoms with Crippen molar-refractivity contribution in [2.75, 3.05) is 6.61 Å². The molecule has 0 aliphatic heterocycles. The molecule has 7 heteroatoms. The highest BCUT2D eigenvalue weighted by atomic mass is 32.1. The lowest BCUT2D eigenvalue weighted by atomic mass is 10.2. The predicted octanol–water partition coefficient (Wildman–Crippen LogP) is 2.69. The summed E-state index contributed by atoms with van der Waals surface area (Å²) in [5.74, 6) is 0.633. The zero-order valence-electron chi connectivity index (χ0n) is 14.3. The van der Waals surface area contributed by atoms with Gasteiger partial charge in [0.15, 0.2) is 6.10 Å². The SMILES string of the molecule is CCOc1ccc(OC(C)C(=O)NNC(=O)CCc2cccs2)cc1. The van der Waals surface area contributed by atoms with Gasteiger partial charge >= 0.3 is 0 Å². The summed E-state index contributed by atoms with van der Waals surface area (Å²) in [6.07, 6.45) is 0.225. The van der Waals surface area contributed by atoms with Gasteiger partial charge in [0.2, 0.25) is 5.91 Å². The first kappa shape index (κ1) is 18.8. The molecule has 2 amide bonds. The fourth-order valence-electron chi connectivity index (χ4n) is 2.03. The lowest BCUT2D eigenvalue weighted by Gasteiger charge is -2.15. The third kappa shape index (κ3) is 6.46. The molecule has 2 N–H and O–H groups in total. The normalized spacial score (nSPS) is 11.4. The summed E-state index contributed by atoms with van der Waals surface area (Å²) in [6, 6.07) is 10.9. The largest absolute Gasteiger partial charge is 0.494 e. The van der Waals surface area contributed by atoms with Crippen LogP contribution in [0.1, 0.15) is 25.1 Å². The van der Waals surface area contributed by atoms with Crippen molar-refractivity contribution in [2.24, 2.45) is 0 Å². The van der Waals surface area contributed by atoms with E-state index < -0.39 is 12.0 Å². The smallest absolute Gasteiger partial charge is 0.279 e. The molecule has 1 unspecified atom stereocenters. The van der Waals surface area contributed by atoms with E-state index in [1.165, 1.54) is 0 Å². The molecule has 1 heterocycles. The Labute approximate surface area is 151 Å². The Morgan fingerprint density at radius 3 is 2.48 bits per heavy atom. The molecule has 0 spiro atoms. The van der Waals surface area contributed by atoms with Crippen molar-refractivity contribution in [3.8, 4) is 11.5 Å². The Bertz CT molecular complexity index is 671. The van der Waals surface area contributed by atoms with Crippen LogP contribution in [0.25, 0.3) is 0 Å². The number of carbonyl (C=O) groups is 2. The van der Waals surface area contributed by atoms with Crippen molar-refractivity contribution in [1.29, 1.82) is 0 Å². The maximum Gasteiger partial charge on any atom is 0.279 e. The summed E-state index contributed by atoms with van der Waals surface area (Å²) < 4.78 is 10.9. The standard InChI is InChI=1S/C18H22N2O4S/c1-3-23-14-6-8-15(9-7-14)24-13(2)18(22)20-19-17(21)11-10-16-5-4-12-25-16/h4-9,12-13H,3,10-11H2,1-2H3,(H,19,21)(H,20,22). The average Bonchev–Trinajstić information content (AvgIpc) is 3.13. The number of hydrogen-bond acceptors (Lipinski definition) is 5. The minimum absolute atomic E-state index is 0.241. The zero-order chi connectivity index (χ0) is 18.1. The van der Waals surface area contributed by atoms with E-state index in [2.05, 4.69) is 10.9 Å². The van der Waals surface area contributed by atoms with E-state index in [1.54, 1.807) is 42.5 Å². The maximum absolute atomic E-state index is 12.0. The van der Waals surface area contributed by atoms with E-state index in [1.807, 2.05) is 24.4 Å². The van der Waals surface area contributed by atoms with Crippen LogP contribution in [0.5, 0.6) is 11.5 Å². The fraction of sp³-hybridized carbons (Fsp3) is 0.333. The van der Waals surface area contributed by atoms with Gasteiger partial charge in [-0.05, 0) is 56.0 Å². The number of carbonyl (C=O) groups excluding carboxylic acids is 2. The van der Waals surface area contributed by atoms with Crippen LogP contribution >= 0.6 is 11.3 Å². The summed E-state index contributed by atoms with van der Waals surface area (Å²) in [4.78, 5) is 24.9. The number of benzene rings is 1. The quantitative estimate of drug-likeness (QED) is 0.708. The molecule has 0 radical (unpaired) electrons. The molecule has 0 aliphatic rings. The number of aryl methyl sites for hydroxylation is 1. The van der Waals surface area contributed by atoms with Gasteiger partial charge in [-0.3, -0.25) is 20.4 Å². The Morgan fingerprint density at radius 1 is 1.12 bits per heavy atom. The Morgan fingerprint density at radius 2 is 1.84 bits per heavy atom. The Hall–Kier alpha value is -2.54. The highest BCUT2D eigenvalue weighted by Gasteiger charge is 2.15. The number of rotatable bonds is 8. The van der Waals surface area contributed by atoms with E-state index in [0.29, 0.717) is 25.2 Å². The van der Waals surface area contributed by atoms with Gasteiger partial charge < -0.3 is 9.47 Å². The van der Waals surface area contributed by atoms with Crippen LogP contribution in [0.15, 0.2) is 41.8 Å². The molecule has 0 bridgehead atoms. The van der Waals surface area contributed by atoms with Crippen molar-refractivity contribution in [2.45, 2.75) is 32.8 Å². The first-order chi connectivity index (χ1) is 12.1. The minimum Gasteiger partial charge on any atom is -0.494 e. The Kier molecular flexibility index (Phi) is 7.28. The molecule has 0 saturated heterocycles. The van der Waals surface area contributed by atoms with E-state index in [-0.39, 0.29) is 5.91 Å². The first-order valence-corrected chi connectivity index (χ1v) is 8.97. The number of thiophene rings is 1. The van der Waals surface area contributed by atoms with Gasteiger partial charge in [0.1, 0.15) is 11.5 Å². The third-order valence-electron chi connectivity index (χ3n) is 3.32. The topological polar surface area (TPSA) is 76.7 Å². The zero-order valence-corrected chi connectivity index (χ0v) is 15.1. The number of amides is 2. The second-order valence-corrected chi connectivity index (χ2v) is 6.31. The van der Waals surface area contributed by atoms with Gasteiger partial charge in [-0.2, -0.15) is 0 Å². The second-order valence-electron chi connectivity index (χ2n) is 5.28. The molecular formula is C18H22N2O4S. The number of hydrogen-bond donors (Lipinski definition) is 2. The van der Waals surface area contributed by atoms with Gasteiger partial charge in [-0.1, -0.05) is 6.07 Å². The summed E-state index contributed by atoms with van der Waals surface area (Å²) in [6.45, 7) is 4.11. The Balaban J connectivity index is 1.71. The number of hydrazine groups is 1. The van der Waals surface area contributed by atoms with E-state index in [4.69, 9.17) is 9.47 Å². The van der Waals surface area contributed by atoms with Crippen LogP contribution in [-0.2, 0) is 16.0 Å². The second kappa shape index (κ2) is 9.68. The lowest BCUT2D eigenvalue weighted by Crippen LogP contribution is -2.47. The van der Waals surface area contributed by atoms with E-state index >= 15 is 0 Å². The van der Waals surface area contributed by atoms with Crippen LogP contribution in [0.2, 0.25) is 0 Å². The molecule has 2 aromatic rings. The molecular weight excluding hydrogens is 340 g/mol. The van der Waals surface area contributed by atoms with Gasteiger partial charge in [0.25, 0.3) is 5.91 Å². The van der Waals surface area contributed by atoms with Crippen LogP contribution in [-0.4, -0.2) is 24.5 Å². The molecule has 0 fully saturated rings. The van der Waals surface area contributed by atoms with E-state index in [9.17, 15) is 9.59 Å². The summed E-state index contributed by atoms with van der Waals surface area (Å²) in [7, 11) is 0. The van der Waals surface area contributed by atoms with Crippen molar-refractivity contribution >= 4 is 23.2 Å². The van der Waals surface area contributed by atoms with Crippen molar-refractivity contribution in [3.05, 3.63) is 46.7 Å². The monoisotopic (exact) mass is 362 g/mol. The van der Waals surface area contributed by atoms with Crippen LogP contribution in [0.4, 0.5) is 0 Å². The van der Waals surface area contributed by atoms with Crippen molar-refractivity contribution < 1.29 is 19.1 Å². The third-order valence-corrected chi connectivity index (χ3v) is 4.26. The minimum atomic E-state index is -0.740. The summed E-state index contributed by atoms with van der Waals surface area (Å²) in [5, 5.41) is 1.97. The number of nitrogens with one attached hydrogen (secondary N) is 2. The van der Waals surface area contributed by atoms with Gasteiger partial charge in [0.05, 0.1) is 6.61 Å².